The molecule has 126 valence electrons. The number of benzene rings is 2. The minimum atomic E-state index is -0.705. The molecule has 1 aliphatic heterocycles. The van der Waals surface area contributed by atoms with Crippen molar-refractivity contribution in [3.63, 3.8) is 0 Å². The number of fused-ring (bicyclic) bond motifs is 1. The van der Waals surface area contributed by atoms with Crippen LogP contribution in [0.2, 0.25) is 0 Å². The summed E-state index contributed by atoms with van der Waals surface area (Å²) in [5, 5.41) is 16.6. The molecule has 7 heteroatoms. The van der Waals surface area contributed by atoms with Gasteiger partial charge >= 0.3 is 0 Å². The molecule has 2 aromatic carbocycles. The number of hydrogen-bond donors (Lipinski definition) is 2. The Labute approximate surface area is 145 Å². The first-order chi connectivity index (χ1) is 12.1. The minimum absolute atomic E-state index is 0.202. The Hall–Kier alpha value is -3.19. The number of aromatic nitrogens is 2. The van der Waals surface area contributed by atoms with E-state index in [-0.39, 0.29) is 5.84 Å². The topological polar surface area (TPSA) is 95.3 Å². The molecule has 0 bridgehead atoms. The average molecular weight is 334 g/mol. The summed E-state index contributed by atoms with van der Waals surface area (Å²) in [7, 11) is 0. The second-order valence-electron chi connectivity index (χ2n) is 6.12. The van der Waals surface area contributed by atoms with Crippen LogP contribution < -0.4 is 15.5 Å². The van der Waals surface area contributed by atoms with Gasteiger partial charge in [-0.05, 0) is 48.4 Å². The summed E-state index contributed by atoms with van der Waals surface area (Å²) >= 11 is 0. The Morgan fingerprint density at radius 3 is 2.00 bits per heavy atom. The van der Waals surface area contributed by atoms with Crippen LogP contribution in [0.4, 0.5) is 23.0 Å². The average Bonchev–Trinajstić information content (AvgIpc) is 3.07. The summed E-state index contributed by atoms with van der Waals surface area (Å²) in [5.74, 6) is 1.15. The van der Waals surface area contributed by atoms with Crippen LogP contribution >= 0.6 is 0 Å². The molecule has 1 aliphatic rings. The molecule has 3 aromatic rings. The van der Waals surface area contributed by atoms with Gasteiger partial charge in [0, 0.05) is 11.4 Å². The van der Waals surface area contributed by atoms with Crippen molar-refractivity contribution in [1.29, 1.82) is 5.41 Å². The highest BCUT2D eigenvalue weighted by Crippen LogP contribution is 2.40. The third-order valence-electron chi connectivity index (χ3n) is 4.30. The Kier molecular flexibility index (Phi) is 3.51. The summed E-state index contributed by atoms with van der Waals surface area (Å²) < 4.78 is 4.98. The lowest BCUT2D eigenvalue weighted by Gasteiger charge is -2.38. The lowest BCUT2D eigenvalue weighted by Crippen LogP contribution is -2.54. The largest absolute Gasteiger partial charge is 0.305 e. The fourth-order valence-corrected chi connectivity index (χ4v) is 2.92. The molecule has 3 N–H and O–H groups in total. The standard InChI is InChI=1S/C18H18N6O/c1-11-3-7-13(8-4-11)23-15(19)16(20)24(18-17(23)21-25-22-18)14-9-5-12(2)6-10-14/h3-10,15,20H,19H2,1-2H3. The van der Waals surface area contributed by atoms with Gasteiger partial charge in [0.2, 0.25) is 11.6 Å². The lowest BCUT2D eigenvalue weighted by atomic mass is 10.1. The van der Waals surface area contributed by atoms with Crippen LogP contribution in [0.15, 0.2) is 53.2 Å². The van der Waals surface area contributed by atoms with Gasteiger partial charge in [-0.25, -0.2) is 4.63 Å². The van der Waals surface area contributed by atoms with Crippen LogP contribution in [-0.2, 0) is 0 Å². The van der Waals surface area contributed by atoms with Gasteiger partial charge in [-0.15, -0.1) is 0 Å². The zero-order valence-electron chi connectivity index (χ0n) is 14.0. The molecule has 1 unspecified atom stereocenters. The number of aryl methyl sites for hydroxylation is 2. The van der Waals surface area contributed by atoms with Gasteiger partial charge < -0.3 is 5.73 Å². The zero-order chi connectivity index (χ0) is 17.6. The maximum absolute atomic E-state index is 8.58. The summed E-state index contributed by atoms with van der Waals surface area (Å²) in [5.41, 5.74) is 10.3. The molecule has 4 rings (SSSR count). The van der Waals surface area contributed by atoms with E-state index < -0.39 is 6.17 Å². The number of nitrogens with two attached hydrogens (primary N) is 1. The van der Waals surface area contributed by atoms with E-state index >= 15 is 0 Å². The van der Waals surface area contributed by atoms with E-state index in [0.717, 1.165) is 22.5 Å². The van der Waals surface area contributed by atoms with Crippen molar-refractivity contribution >= 4 is 28.8 Å². The van der Waals surface area contributed by atoms with Crippen molar-refractivity contribution in [1.82, 2.24) is 10.3 Å². The summed E-state index contributed by atoms with van der Waals surface area (Å²) in [4.78, 5) is 3.43. The lowest BCUT2D eigenvalue weighted by molar-refractivity contribution is 0.309. The molecule has 1 atom stereocenters. The summed E-state index contributed by atoms with van der Waals surface area (Å²) in [6.07, 6.45) is -0.705. The van der Waals surface area contributed by atoms with Gasteiger partial charge in [0.25, 0.3) is 0 Å². The van der Waals surface area contributed by atoms with Gasteiger partial charge in [0.1, 0.15) is 12.0 Å². The van der Waals surface area contributed by atoms with E-state index in [1.807, 2.05) is 62.4 Å². The molecule has 0 saturated heterocycles. The van der Waals surface area contributed by atoms with Crippen molar-refractivity contribution in [3.05, 3.63) is 59.7 Å². The molecule has 0 amide bonds. The van der Waals surface area contributed by atoms with E-state index in [2.05, 4.69) is 10.3 Å². The van der Waals surface area contributed by atoms with Crippen molar-refractivity contribution in [3.8, 4) is 0 Å². The number of rotatable bonds is 2. The van der Waals surface area contributed by atoms with Crippen LogP contribution in [-0.4, -0.2) is 22.3 Å². The van der Waals surface area contributed by atoms with Gasteiger partial charge in [-0.1, -0.05) is 35.4 Å². The first-order valence-corrected chi connectivity index (χ1v) is 7.95. The number of hydrogen-bond acceptors (Lipinski definition) is 6. The molecule has 1 aromatic heterocycles. The summed E-state index contributed by atoms with van der Waals surface area (Å²) in [6, 6.07) is 15.7. The molecule has 0 radical (unpaired) electrons. The summed E-state index contributed by atoms with van der Waals surface area (Å²) in [6.45, 7) is 4.03. The Balaban J connectivity index is 1.83. The molecule has 0 fully saturated rings. The van der Waals surface area contributed by atoms with E-state index in [9.17, 15) is 0 Å². The minimum Gasteiger partial charge on any atom is -0.305 e. The first kappa shape index (κ1) is 15.3. The van der Waals surface area contributed by atoms with Gasteiger partial charge in [0.15, 0.2) is 0 Å². The monoisotopic (exact) mass is 334 g/mol. The maximum Gasteiger partial charge on any atom is 0.228 e. The van der Waals surface area contributed by atoms with Crippen LogP contribution in [0.1, 0.15) is 11.1 Å². The molecule has 7 nitrogen and oxygen atoms in total. The van der Waals surface area contributed by atoms with Crippen LogP contribution in [0.5, 0.6) is 0 Å². The number of anilines is 4. The second kappa shape index (κ2) is 5.71. The molecular weight excluding hydrogens is 316 g/mol. The van der Waals surface area contributed by atoms with Gasteiger partial charge in [-0.2, -0.15) is 0 Å². The second-order valence-corrected chi connectivity index (χ2v) is 6.12. The number of amidine groups is 1. The smallest absolute Gasteiger partial charge is 0.228 e. The van der Waals surface area contributed by atoms with E-state index in [0.29, 0.717) is 11.6 Å². The normalized spacial score (nSPS) is 16.9. The van der Waals surface area contributed by atoms with Crippen LogP contribution in [0.25, 0.3) is 0 Å². The number of nitrogens with zero attached hydrogens (tertiary/aromatic N) is 4. The van der Waals surface area contributed by atoms with Crippen molar-refractivity contribution in [2.45, 2.75) is 20.0 Å². The predicted molar refractivity (Wildman–Crippen MR) is 96.6 cm³/mol. The molecule has 0 spiro atoms. The highest BCUT2D eigenvalue weighted by molar-refractivity contribution is 6.11. The molecule has 2 heterocycles. The van der Waals surface area contributed by atoms with E-state index in [4.69, 9.17) is 15.8 Å². The predicted octanol–water partition coefficient (Wildman–Crippen LogP) is 3.24. The first-order valence-electron chi connectivity index (χ1n) is 7.95. The maximum atomic E-state index is 8.58. The zero-order valence-corrected chi connectivity index (χ0v) is 14.0. The Morgan fingerprint density at radius 2 is 1.40 bits per heavy atom. The number of nitrogens with one attached hydrogen (secondary N) is 1. The van der Waals surface area contributed by atoms with Crippen molar-refractivity contribution in [2.75, 3.05) is 9.80 Å². The SMILES string of the molecule is Cc1ccc(N2C(=N)C(N)N(c3ccc(C)cc3)c3nonc32)cc1. The van der Waals surface area contributed by atoms with Crippen LogP contribution in [0, 0.1) is 19.3 Å². The molecule has 25 heavy (non-hydrogen) atoms. The third-order valence-corrected chi connectivity index (χ3v) is 4.30. The highest BCUT2D eigenvalue weighted by atomic mass is 16.6. The quantitative estimate of drug-likeness (QED) is 0.747. The van der Waals surface area contributed by atoms with Crippen molar-refractivity contribution < 1.29 is 4.63 Å². The molecule has 0 aliphatic carbocycles. The van der Waals surface area contributed by atoms with Crippen LogP contribution in [0.3, 0.4) is 0 Å². The van der Waals surface area contributed by atoms with E-state index in [1.165, 1.54) is 0 Å². The highest BCUT2D eigenvalue weighted by Gasteiger charge is 2.39. The fraction of sp³-hybridized carbons (Fsp3) is 0.167. The van der Waals surface area contributed by atoms with Gasteiger partial charge in [0.05, 0.1) is 0 Å². The van der Waals surface area contributed by atoms with E-state index in [1.54, 1.807) is 9.80 Å². The van der Waals surface area contributed by atoms with Crippen molar-refractivity contribution in [2.24, 2.45) is 5.73 Å². The Bertz CT molecular complexity index is 915. The Morgan fingerprint density at radius 1 is 0.880 bits per heavy atom. The fourth-order valence-electron chi connectivity index (χ4n) is 2.92. The molecule has 0 saturated carbocycles. The van der Waals surface area contributed by atoms with Gasteiger partial charge in [-0.3, -0.25) is 15.2 Å². The third kappa shape index (κ3) is 2.45. The molecular formula is C18H18N6O.